The van der Waals surface area contributed by atoms with E-state index < -0.39 is 0 Å². The molecule has 0 aliphatic carbocycles. The highest BCUT2D eigenvalue weighted by Gasteiger charge is 2.24. The summed E-state index contributed by atoms with van der Waals surface area (Å²) < 4.78 is 12.4. The van der Waals surface area contributed by atoms with Gasteiger partial charge in [0.15, 0.2) is 0 Å². The van der Waals surface area contributed by atoms with Crippen LogP contribution in [0, 0.1) is 0 Å². The zero-order chi connectivity index (χ0) is 48.6. The summed E-state index contributed by atoms with van der Waals surface area (Å²) in [5.41, 5.74) is 20.9. The van der Waals surface area contributed by atoms with Crippen molar-refractivity contribution in [2.45, 2.75) is 105 Å². The van der Waals surface area contributed by atoms with Gasteiger partial charge in [0.05, 0.1) is 28.4 Å². The Labute approximate surface area is 413 Å². The van der Waals surface area contributed by atoms with Gasteiger partial charge in [0, 0.05) is 33.4 Å². The van der Waals surface area contributed by atoms with Crippen molar-refractivity contribution in [2.75, 3.05) is 4.90 Å². The van der Waals surface area contributed by atoms with Crippen LogP contribution >= 0.6 is 11.7 Å². The largest absolute Gasteiger partial charge is 0.309 e. The van der Waals surface area contributed by atoms with Crippen molar-refractivity contribution in [1.29, 1.82) is 0 Å². The van der Waals surface area contributed by atoms with Crippen LogP contribution in [0.15, 0.2) is 170 Å². The van der Waals surface area contributed by atoms with Crippen LogP contribution in [0.2, 0.25) is 0 Å². The minimum atomic E-state index is 0.0440. The number of benzene rings is 8. The average Bonchev–Trinajstić information content (AvgIpc) is 3.95. The van der Waals surface area contributed by atoms with Gasteiger partial charge < -0.3 is 9.47 Å². The molecule has 0 spiro atoms. The standard InChI is InChI=1S/C64H64N4S/c1-61(2,3)46-23-13-41(14-24-46)43-17-29-50(30-18-43)67(51-31-19-44(20-32-51)42-15-25-47(26-16-42)62(4,5)6)58-38-35-53(59-60(58)66-69-65-59)45-21-33-52(34-22-45)68-56-36-27-48(63(7,8)9)39-54(56)55-40-49(64(10,11)12)28-37-57(55)68/h13-40H,1-12H3. The molecule has 8 aromatic carbocycles. The lowest BCUT2D eigenvalue weighted by Gasteiger charge is -2.26. The van der Waals surface area contributed by atoms with Gasteiger partial charge >= 0.3 is 0 Å². The van der Waals surface area contributed by atoms with Crippen molar-refractivity contribution >= 4 is 61.6 Å². The zero-order valence-electron chi connectivity index (χ0n) is 42.4. The molecule has 0 bridgehead atoms. The second-order valence-corrected chi connectivity index (χ2v) is 23.6. The van der Waals surface area contributed by atoms with E-state index in [9.17, 15) is 0 Å². The first-order chi connectivity index (χ1) is 32.7. The second-order valence-electron chi connectivity index (χ2n) is 23.0. The van der Waals surface area contributed by atoms with Gasteiger partial charge in [-0.1, -0.05) is 180 Å². The molecule has 10 aromatic rings. The quantitative estimate of drug-likeness (QED) is 0.160. The molecule has 4 nitrogen and oxygen atoms in total. The lowest BCUT2D eigenvalue weighted by atomic mass is 9.85. The van der Waals surface area contributed by atoms with Crippen molar-refractivity contribution < 1.29 is 0 Å². The Morgan fingerprint density at radius 2 is 0.725 bits per heavy atom. The molecule has 0 fully saturated rings. The monoisotopic (exact) mass is 920 g/mol. The Bertz CT molecular complexity index is 3300. The lowest BCUT2D eigenvalue weighted by Crippen LogP contribution is -2.11. The minimum absolute atomic E-state index is 0.0440. The molecule has 0 N–H and O–H groups in total. The minimum Gasteiger partial charge on any atom is -0.309 e. The van der Waals surface area contributed by atoms with Crippen LogP contribution in [0.5, 0.6) is 0 Å². The molecule has 69 heavy (non-hydrogen) atoms. The predicted octanol–water partition coefficient (Wildman–Crippen LogP) is 18.4. The molecular formula is C64H64N4S. The molecule has 2 heterocycles. The smallest absolute Gasteiger partial charge is 0.129 e. The molecule has 0 saturated carbocycles. The van der Waals surface area contributed by atoms with Crippen LogP contribution in [0.3, 0.4) is 0 Å². The van der Waals surface area contributed by atoms with Crippen molar-refractivity contribution in [3.8, 4) is 39.1 Å². The predicted molar refractivity (Wildman–Crippen MR) is 298 cm³/mol. The van der Waals surface area contributed by atoms with E-state index in [0.29, 0.717) is 0 Å². The first-order valence-corrected chi connectivity index (χ1v) is 25.1. The molecule has 0 amide bonds. The van der Waals surface area contributed by atoms with Crippen LogP contribution in [-0.4, -0.2) is 13.3 Å². The van der Waals surface area contributed by atoms with Crippen LogP contribution < -0.4 is 4.90 Å². The topological polar surface area (TPSA) is 34.0 Å². The first-order valence-electron chi connectivity index (χ1n) is 24.4. The van der Waals surface area contributed by atoms with E-state index in [1.165, 1.54) is 78.0 Å². The van der Waals surface area contributed by atoms with Gasteiger partial charge in [-0.15, -0.1) is 0 Å². The molecule has 0 radical (unpaired) electrons. The second kappa shape index (κ2) is 17.0. The number of rotatable bonds is 7. The van der Waals surface area contributed by atoms with E-state index >= 15 is 0 Å². The normalized spacial score (nSPS) is 12.6. The number of fused-ring (bicyclic) bond motifs is 4. The summed E-state index contributed by atoms with van der Waals surface area (Å²) in [6, 6.07) is 63.3. The van der Waals surface area contributed by atoms with Crippen molar-refractivity contribution in [2.24, 2.45) is 0 Å². The fraction of sp³-hybridized carbons (Fsp3) is 0.250. The first kappa shape index (κ1) is 45.9. The zero-order valence-corrected chi connectivity index (χ0v) is 43.2. The molecule has 0 saturated heterocycles. The Hall–Kier alpha value is -6.82. The van der Waals surface area contributed by atoms with E-state index in [1.807, 2.05) is 0 Å². The van der Waals surface area contributed by atoms with Crippen molar-refractivity contribution in [3.63, 3.8) is 0 Å². The van der Waals surface area contributed by atoms with Crippen LogP contribution in [0.4, 0.5) is 17.1 Å². The van der Waals surface area contributed by atoms with Gasteiger partial charge in [-0.05, 0) is 145 Å². The molecule has 0 aliphatic heterocycles. The van der Waals surface area contributed by atoms with Gasteiger partial charge in [-0.25, -0.2) is 0 Å². The number of aromatic nitrogens is 3. The molecule has 0 unspecified atom stereocenters. The van der Waals surface area contributed by atoms with Gasteiger partial charge in [0.1, 0.15) is 11.0 Å². The summed E-state index contributed by atoms with van der Waals surface area (Å²) in [7, 11) is 0. The summed E-state index contributed by atoms with van der Waals surface area (Å²) in [4.78, 5) is 2.33. The summed E-state index contributed by atoms with van der Waals surface area (Å²) >= 11 is 1.27. The Morgan fingerprint density at radius 1 is 0.362 bits per heavy atom. The van der Waals surface area contributed by atoms with Crippen molar-refractivity contribution in [1.82, 2.24) is 13.3 Å². The van der Waals surface area contributed by atoms with Gasteiger partial charge in [-0.2, -0.15) is 8.75 Å². The number of hydrogen-bond donors (Lipinski definition) is 0. The maximum absolute atomic E-state index is 5.02. The molecule has 0 aliphatic rings. The fourth-order valence-electron chi connectivity index (χ4n) is 9.65. The third kappa shape index (κ3) is 8.78. The highest BCUT2D eigenvalue weighted by Crippen LogP contribution is 2.44. The SMILES string of the molecule is CC(C)(C)c1ccc(-c2ccc(N(c3ccc(-c4ccc(C(C)(C)C)cc4)cc3)c3ccc(-c4ccc(-n5c6ccc(C(C)(C)C)cc6c6cc(C(C)(C)C)ccc65)cc4)c4nsnc34)cc2)cc1. The van der Waals surface area contributed by atoms with Crippen LogP contribution in [0.25, 0.3) is 71.9 Å². The van der Waals surface area contributed by atoms with Gasteiger partial charge in [0.25, 0.3) is 0 Å². The summed E-state index contributed by atoms with van der Waals surface area (Å²) in [5.74, 6) is 0. The molecule has 0 atom stereocenters. The van der Waals surface area contributed by atoms with E-state index in [2.05, 4.69) is 262 Å². The summed E-state index contributed by atoms with van der Waals surface area (Å²) in [6.07, 6.45) is 0. The third-order valence-corrected chi connectivity index (χ3v) is 14.5. The molecule has 10 rings (SSSR count). The summed E-state index contributed by atoms with van der Waals surface area (Å²) in [5, 5.41) is 2.58. The third-order valence-electron chi connectivity index (χ3n) is 14.0. The highest BCUT2D eigenvalue weighted by atomic mass is 32.1. The van der Waals surface area contributed by atoms with Gasteiger partial charge in [-0.3, -0.25) is 0 Å². The Balaban J connectivity index is 1.04. The average molecular weight is 921 g/mol. The molecule has 346 valence electrons. The molecule has 5 heteroatoms. The Kier molecular flexibility index (Phi) is 11.3. The molecule has 2 aromatic heterocycles. The maximum atomic E-state index is 5.02. The summed E-state index contributed by atoms with van der Waals surface area (Å²) in [6.45, 7) is 27.3. The van der Waals surface area contributed by atoms with Crippen LogP contribution in [-0.2, 0) is 21.7 Å². The van der Waals surface area contributed by atoms with Crippen LogP contribution in [0.1, 0.15) is 105 Å². The van der Waals surface area contributed by atoms with E-state index in [-0.39, 0.29) is 21.7 Å². The van der Waals surface area contributed by atoms with E-state index in [4.69, 9.17) is 8.75 Å². The van der Waals surface area contributed by atoms with E-state index in [0.717, 1.165) is 44.9 Å². The maximum Gasteiger partial charge on any atom is 0.129 e. The number of nitrogens with zero attached hydrogens (tertiary/aromatic N) is 4. The Morgan fingerprint density at radius 3 is 1.13 bits per heavy atom. The lowest BCUT2D eigenvalue weighted by molar-refractivity contribution is 0.590. The number of hydrogen-bond acceptors (Lipinski definition) is 4. The molecular weight excluding hydrogens is 857 g/mol. The van der Waals surface area contributed by atoms with Gasteiger partial charge in [0.2, 0.25) is 0 Å². The highest BCUT2D eigenvalue weighted by molar-refractivity contribution is 7.00. The fourth-order valence-corrected chi connectivity index (χ4v) is 10.2. The van der Waals surface area contributed by atoms with Crippen molar-refractivity contribution in [3.05, 3.63) is 192 Å². The number of anilines is 3. The van der Waals surface area contributed by atoms with E-state index in [1.54, 1.807) is 0 Å².